The number of ether oxygens (including phenoxy) is 1. The Kier molecular flexibility index (Phi) is 6.36. The minimum atomic E-state index is -4.02. The second kappa shape index (κ2) is 9.07. The van der Waals surface area contributed by atoms with Gasteiger partial charge in [0.2, 0.25) is 15.8 Å². The molecule has 0 aliphatic carbocycles. The lowest BCUT2D eigenvalue weighted by Crippen LogP contribution is -2.47. The van der Waals surface area contributed by atoms with E-state index in [1.165, 1.54) is 42.3 Å². The van der Waals surface area contributed by atoms with Crippen LogP contribution in [-0.2, 0) is 9.84 Å². The van der Waals surface area contributed by atoms with E-state index < -0.39 is 9.84 Å². The number of anilines is 3. The Morgan fingerprint density at radius 2 is 1.70 bits per heavy atom. The van der Waals surface area contributed by atoms with Crippen LogP contribution in [0.25, 0.3) is 0 Å². The fourth-order valence-corrected chi connectivity index (χ4v) is 5.60. The van der Waals surface area contributed by atoms with Crippen molar-refractivity contribution in [3.8, 4) is 5.75 Å². The molecule has 174 valence electrons. The van der Waals surface area contributed by atoms with E-state index in [2.05, 4.69) is 46.9 Å². The molecule has 1 aliphatic rings. The molecule has 3 aromatic rings. The lowest BCUT2D eigenvalue weighted by molar-refractivity contribution is 0.402. The van der Waals surface area contributed by atoms with Crippen LogP contribution in [0, 0.1) is 13.8 Å². The Hall–Kier alpha value is -3.04. The zero-order chi connectivity index (χ0) is 23.8. The van der Waals surface area contributed by atoms with Gasteiger partial charge in [-0.3, -0.25) is 0 Å². The number of hydrogen-bond acceptors (Lipinski definition) is 8. The number of rotatable bonds is 5. The number of nitrogens with two attached hydrogens (primary N) is 1. The average molecular weight is 488 g/mol. The molecule has 4 rings (SSSR count). The summed E-state index contributed by atoms with van der Waals surface area (Å²) in [4.78, 5) is 12.7. The van der Waals surface area contributed by atoms with Crippen molar-refractivity contribution >= 4 is 38.9 Å². The first kappa shape index (κ1) is 23.1. The van der Waals surface area contributed by atoms with E-state index in [0.29, 0.717) is 19.0 Å². The topological polar surface area (TPSA) is 102 Å². The van der Waals surface area contributed by atoms with Crippen molar-refractivity contribution in [3.63, 3.8) is 0 Å². The van der Waals surface area contributed by atoms with Gasteiger partial charge in [0.05, 0.1) is 13.3 Å². The fraction of sp³-hybridized carbons (Fsp3) is 0.304. The van der Waals surface area contributed by atoms with E-state index in [4.69, 9.17) is 22.1 Å². The van der Waals surface area contributed by atoms with Gasteiger partial charge in [0, 0.05) is 36.9 Å². The Bertz CT molecular complexity index is 1290. The fourth-order valence-electron chi connectivity index (χ4n) is 3.92. The molecule has 0 spiro atoms. The quantitative estimate of drug-likeness (QED) is 0.583. The van der Waals surface area contributed by atoms with Crippen molar-refractivity contribution in [1.82, 2.24) is 9.97 Å². The predicted octanol–water partition coefficient (Wildman–Crippen LogP) is 3.50. The first-order valence-corrected chi connectivity index (χ1v) is 12.3. The third-order valence-electron chi connectivity index (χ3n) is 5.74. The second-order valence-electron chi connectivity index (χ2n) is 7.98. The number of benzene rings is 2. The van der Waals surface area contributed by atoms with Crippen LogP contribution >= 0.6 is 11.6 Å². The summed E-state index contributed by atoms with van der Waals surface area (Å²) in [6, 6.07) is 10.8. The molecule has 2 heterocycles. The zero-order valence-electron chi connectivity index (χ0n) is 18.7. The largest absolute Gasteiger partial charge is 0.495 e. The Morgan fingerprint density at radius 3 is 2.36 bits per heavy atom. The molecule has 1 fully saturated rings. The van der Waals surface area contributed by atoms with Crippen molar-refractivity contribution in [2.45, 2.75) is 23.6 Å². The van der Waals surface area contributed by atoms with E-state index in [1.54, 1.807) is 6.07 Å². The summed E-state index contributed by atoms with van der Waals surface area (Å²) in [5.41, 5.74) is 9.78. The van der Waals surface area contributed by atoms with Crippen molar-refractivity contribution in [1.29, 1.82) is 0 Å². The molecule has 0 saturated carbocycles. The summed E-state index contributed by atoms with van der Waals surface area (Å²) >= 11 is 6.02. The molecule has 0 amide bonds. The molecule has 0 bridgehead atoms. The molecule has 0 atom stereocenters. The van der Waals surface area contributed by atoms with Crippen LogP contribution in [0.15, 0.2) is 52.4 Å². The predicted molar refractivity (Wildman–Crippen MR) is 130 cm³/mol. The molecule has 33 heavy (non-hydrogen) atoms. The number of nitrogen functional groups attached to an aromatic ring is 1. The van der Waals surface area contributed by atoms with Gasteiger partial charge in [0.25, 0.3) is 0 Å². The van der Waals surface area contributed by atoms with Crippen molar-refractivity contribution in [3.05, 3.63) is 58.7 Å². The lowest BCUT2D eigenvalue weighted by atomic mass is 10.1. The monoisotopic (exact) mass is 487 g/mol. The Morgan fingerprint density at radius 1 is 1.00 bits per heavy atom. The molecule has 8 nitrogen and oxygen atoms in total. The van der Waals surface area contributed by atoms with Crippen LogP contribution in [0.4, 0.5) is 17.5 Å². The molecule has 10 heteroatoms. The van der Waals surface area contributed by atoms with Crippen LogP contribution < -0.4 is 20.3 Å². The van der Waals surface area contributed by atoms with Gasteiger partial charge >= 0.3 is 0 Å². The summed E-state index contributed by atoms with van der Waals surface area (Å²) in [6.45, 7) is 7.19. The van der Waals surface area contributed by atoms with E-state index in [9.17, 15) is 8.42 Å². The second-order valence-corrected chi connectivity index (χ2v) is 10.3. The van der Waals surface area contributed by atoms with Crippen molar-refractivity contribution in [2.75, 3.05) is 48.8 Å². The smallest absolute Gasteiger partial charge is 0.227 e. The highest BCUT2D eigenvalue weighted by Crippen LogP contribution is 2.34. The molecule has 2 aromatic carbocycles. The number of halogens is 1. The number of aromatic nitrogens is 2. The maximum absolute atomic E-state index is 13.2. The van der Waals surface area contributed by atoms with Crippen molar-refractivity contribution in [2.24, 2.45) is 0 Å². The zero-order valence-corrected chi connectivity index (χ0v) is 20.3. The minimum Gasteiger partial charge on any atom is -0.495 e. The minimum absolute atomic E-state index is 0.0808. The van der Waals surface area contributed by atoms with E-state index in [0.717, 1.165) is 13.1 Å². The maximum atomic E-state index is 13.2. The normalized spacial score (nSPS) is 14.4. The van der Waals surface area contributed by atoms with Crippen LogP contribution in [0.3, 0.4) is 0 Å². The first-order chi connectivity index (χ1) is 15.7. The molecule has 0 radical (unpaired) electrons. The summed E-state index contributed by atoms with van der Waals surface area (Å²) in [6.07, 6.45) is 1.25. The third-order valence-corrected chi connectivity index (χ3v) is 7.77. The molecular formula is C23H26ClN5O3S. The van der Waals surface area contributed by atoms with Crippen LogP contribution in [0.1, 0.15) is 11.1 Å². The number of aryl methyl sites for hydroxylation is 2. The van der Waals surface area contributed by atoms with Crippen LogP contribution in [0.5, 0.6) is 5.75 Å². The van der Waals surface area contributed by atoms with E-state index in [1.807, 2.05) is 4.90 Å². The van der Waals surface area contributed by atoms with Gasteiger partial charge in [0.15, 0.2) is 0 Å². The molecule has 0 unspecified atom stereocenters. The third kappa shape index (κ3) is 4.56. The molecule has 1 saturated heterocycles. The van der Waals surface area contributed by atoms with Gasteiger partial charge in [0.1, 0.15) is 21.4 Å². The Labute approximate surface area is 198 Å². The standard InChI is InChI=1S/C23H26ClN5O3S/c1-15-4-5-16(2)18(12-15)28-8-10-29(11-9-28)23-26-14-21(22(25)27-23)33(30,31)20-13-17(24)6-7-19(20)32-3/h4-7,12-14H,8-11H2,1-3H3,(H2,25,26,27). The molecule has 1 aromatic heterocycles. The van der Waals surface area contributed by atoms with E-state index >= 15 is 0 Å². The highest BCUT2D eigenvalue weighted by molar-refractivity contribution is 7.91. The van der Waals surface area contributed by atoms with Gasteiger partial charge in [-0.2, -0.15) is 4.98 Å². The maximum Gasteiger partial charge on any atom is 0.227 e. The van der Waals surface area contributed by atoms with Crippen LogP contribution in [0.2, 0.25) is 5.02 Å². The SMILES string of the molecule is COc1ccc(Cl)cc1S(=O)(=O)c1cnc(N2CCN(c3cc(C)ccc3C)CC2)nc1N. The molecular weight excluding hydrogens is 462 g/mol. The van der Waals surface area contributed by atoms with E-state index in [-0.39, 0.29) is 26.4 Å². The first-order valence-electron chi connectivity index (χ1n) is 10.5. The highest BCUT2D eigenvalue weighted by atomic mass is 35.5. The van der Waals surface area contributed by atoms with Crippen LogP contribution in [-0.4, -0.2) is 51.7 Å². The number of piperazine rings is 1. The summed E-state index contributed by atoms with van der Waals surface area (Å²) in [7, 11) is -2.63. The van der Waals surface area contributed by atoms with Gasteiger partial charge < -0.3 is 20.3 Å². The molecule has 2 N–H and O–H groups in total. The van der Waals surface area contributed by atoms with Crippen molar-refractivity contribution < 1.29 is 13.2 Å². The van der Waals surface area contributed by atoms with Gasteiger partial charge in [-0.05, 0) is 49.2 Å². The van der Waals surface area contributed by atoms with Gasteiger partial charge in [-0.25, -0.2) is 13.4 Å². The lowest BCUT2D eigenvalue weighted by Gasteiger charge is -2.37. The average Bonchev–Trinajstić information content (AvgIpc) is 2.80. The Balaban J connectivity index is 1.55. The summed E-state index contributed by atoms with van der Waals surface area (Å²) in [5.74, 6) is 0.467. The van der Waals surface area contributed by atoms with Gasteiger partial charge in [-0.15, -0.1) is 0 Å². The molecule has 1 aliphatic heterocycles. The number of nitrogens with zero attached hydrogens (tertiary/aromatic N) is 4. The van der Waals surface area contributed by atoms with Gasteiger partial charge in [-0.1, -0.05) is 23.7 Å². The highest BCUT2D eigenvalue weighted by Gasteiger charge is 2.28. The number of methoxy groups -OCH3 is 1. The summed E-state index contributed by atoms with van der Waals surface area (Å²) < 4.78 is 31.6. The number of hydrogen-bond donors (Lipinski definition) is 1. The number of sulfone groups is 1. The summed E-state index contributed by atoms with van der Waals surface area (Å²) in [5, 5.41) is 0.271.